The number of nitrogens with zero attached hydrogens (tertiary/aromatic N) is 5. The zero-order valence-electron chi connectivity index (χ0n) is 14.4. The summed E-state index contributed by atoms with van der Waals surface area (Å²) < 4.78 is 0. The van der Waals surface area contributed by atoms with Crippen molar-refractivity contribution >= 4 is 5.91 Å². The molecule has 3 heterocycles. The van der Waals surface area contributed by atoms with Crippen LogP contribution in [0, 0.1) is 5.41 Å². The topological polar surface area (TPSA) is 71.9 Å². The van der Waals surface area contributed by atoms with Gasteiger partial charge in [0, 0.05) is 43.0 Å². The molecule has 1 aliphatic carbocycles. The molecule has 6 heteroatoms. The van der Waals surface area contributed by atoms with E-state index in [9.17, 15) is 4.79 Å². The molecule has 1 unspecified atom stereocenters. The van der Waals surface area contributed by atoms with E-state index in [0.717, 1.165) is 48.2 Å². The molecule has 0 radical (unpaired) electrons. The summed E-state index contributed by atoms with van der Waals surface area (Å²) in [6.45, 7) is 3.35. The zero-order chi connectivity index (χ0) is 17.3. The molecule has 0 saturated carbocycles. The molecular weight excluding hydrogens is 314 g/mol. The molecule has 2 aliphatic rings. The van der Waals surface area contributed by atoms with Crippen LogP contribution >= 0.6 is 0 Å². The molecule has 128 valence electrons. The number of hydrogen-bond donors (Lipinski definition) is 0. The molecule has 2 aromatic heterocycles. The molecule has 0 bridgehead atoms. The molecule has 0 N–H and O–H groups in total. The first kappa shape index (κ1) is 15.9. The van der Waals surface area contributed by atoms with E-state index in [4.69, 9.17) is 0 Å². The molecule has 0 saturated heterocycles. The quantitative estimate of drug-likeness (QED) is 0.789. The Bertz CT molecular complexity index is 820. The van der Waals surface area contributed by atoms with E-state index in [1.807, 2.05) is 4.90 Å². The fraction of sp³-hybridized carbons (Fsp3) is 0.421. The summed E-state index contributed by atoms with van der Waals surface area (Å²) in [6, 6.07) is 0. The molecule has 25 heavy (non-hydrogen) atoms. The van der Waals surface area contributed by atoms with Crippen LogP contribution in [0.1, 0.15) is 37.4 Å². The first-order valence-electron chi connectivity index (χ1n) is 8.70. The highest BCUT2D eigenvalue weighted by Crippen LogP contribution is 2.36. The minimum Gasteiger partial charge on any atom is -0.337 e. The number of carbonyl (C=O) groups is 1. The summed E-state index contributed by atoms with van der Waals surface area (Å²) in [4.78, 5) is 32.2. The highest BCUT2D eigenvalue weighted by atomic mass is 16.2. The van der Waals surface area contributed by atoms with Gasteiger partial charge in [0.25, 0.3) is 0 Å². The van der Waals surface area contributed by atoms with Crippen LogP contribution in [-0.4, -0.2) is 37.3 Å². The monoisotopic (exact) mass is 335 g/mol. The average molecular weight is 335 g/mol. The summed E-state index contributed by atoms with van der Waals surface area (Å²) in [7, 11) is 0. The van der Waals surface area contributed by atoms with Gasteiger partial charge in [0.05, 0.1) is 16.8 Å². The SMILES string of the molecule is CC1(C(=O)N2CCc3ncnc(-c4cncnc4)c3C2)CC=CCC1. The fourth-order valence-electron chi connectivity index (χ4n) is 3.73. The lowest BCUT2D eigenvalue weighted by Crippen LogP contribution is -2.45. The third-order valence-corrected chi connectivity index (χ3v) is 5.24. The normalized spacial score (nSPS) is 22.5. The largest absolute Gasteiger partial charge is 0.337 e. The Morgan fingerprint density at radius 1 is 1.16 bits per heavy atom. The van der Waals surface area contributed by atoms with Gasteiger partial charge < -0.3 is 4.90 Å². The minimum absolute atomic E-state index is 0.238. The molecule has 1 amide bonds. The van der Waals surface area contributed by atoms with Crippen LogP contribution in [0.2, 0.25) is 0 Å². The molecular formula is C19H21N5O. The number of aromatic nitrogens is 4. The van der Waals surface area contributed by atoms with E-state index < -0.39 is 0 Å². The average Bonchev–Trinajstić information content (AvgIpc) is 2.68. The highest BCUT2D eigenvalue weighted by Gasteiger charge is 2.38. The molecule has 0 spiro atoms. The van der Waals surface area contributed by atoms with Gasteiger partial charge >= 0.3 is 0 Å². The Morgan fingerprint density at radius 2 is 2.00 bits per heavy atom. The van der Waals surface area contributed by atoms with Crippen LogP contribution < -0.4 is 0 Å². The van der Waals surface area contributed by atoms with E-state index >= 15 is 0 Å². The second kappa shape index (κ2) is 6.35. The van der Waals surface area contributed by atoms with Crippen molar-refractivity contribution in [1.29, 1.82) is 0 Å². The van der Waals surface area contributed by atoms with Crippen LogP contribution in [0.25, 0.3) is 11.3 Å². The molecule has 0 fully saturated rings. The van der Waals surface area contributed by atoms with Gasteiger partial charge in [-0.2, -0.15) is 0 Å². The first-order valence-corrected chi connectivity index (χ1v) is 8.70. The van der Waals surface area contributed by atoms with Gasteiger partial charge in [-0.25, -0.2) is 19.9 Å². The van der Waals surface area contributed by atoms with Crippen molar-refractivity contribution in [2.75, 3.05) is 6.54 Å². The number of fused-ring (bicyclic) bond motifs is 1. The Labute approximate surface area is 147 Å². The number of carbonyl (C=O) groups excluding carboxylic acids is 1. The lowest BCUT2D eigenvalue weighted by molar-refractivity contribution is -0.142. The van der Waals surface area contributed by atoms with Gasteiger partial charge in [0.15, 0.2) is 0 Å². The maximum Gasteiger partial charge on any atom is 0.229 e. The van der Waals surface area contributed by atoms with Gasteiger partial charge in [-0.15, -0.1) is 0 Å². The summed E-state index contributed by atoms with van der Waals surface area (Å²) >= 11 is 0. The van der Waals surface area contributed by atoms with Gasteiger partial charge in [0.1, 0.15) is 12.7 Å². The molecule has 0 aromatic carbocycles. The smallest absolute Gasteiger partial charge is 0.229 e. The molecule has 1 aliphatic heterocycles. The summed E-state index contributed by atoms with van der Waals surface area (Å²) in [5.74, 6) is 0.238. The van der Waals surface area contributed by atoms with Crippen molar-refractivity contribution in [2.24, 2.45) is 5.41 Å². The molecule has 2 aromatic rings. The van der Waals surface area contributed by atoms with Gasteiger partial charge in [0.2, 0.25) is 5.91 Å². The lowest BCUT2D eigenvalue weighted by Gasteiger charge is -2.37. The Balaban J connectivity index is 1.65. The van der Waals surface area contributed by atoms with Gasteiger partial charge in [-0.3, -0.25) is 4.79 Å². The maximum atomic E-state index is 13.2. The number of rotatable bonds is 2. The third kappa shape index (κ3) is 2.92. The fourth-order valence-corrected chi connectivity index (χ4v) is 3.73. The Kier molecular flexibility index (Phi) is 4.03. The van der Waals surface area contributed by atoms with Crippen molar-refractivity contribution in [3.05, 3.63) is 48.5 Å². The number of hydrogen-bond acceptors (Lipinski definition) is 5. The zero-order valence-corrected chi connectivity index (χ0v) is 14.4. The van der Waals surface area contributed by atoms with Crippen LogP contribution in [0.3, 0.4) is 0 Å². The number of allylic oxidation sites excluding steroid dienone is 2. The van der Waals surface area contributed by atoms with Crippen molar-refractivity contribution in [2.45, 2.75) is 39.2 Å². The van der Waals surface area contributed by atoms with Crippen molar-refractivity contribution in [3.8, 4) is 11.3 Å². The van der Waals surface area contributed by atoms with Crippen LogP contribution in [-0.2, 0) is 17.8 Å². The lowest BCUT2D eigenvalue weighted by atomic mass is 9.77. The van der Waals surface area contributed by atoms with E-state index in [-0.39, 0.29) is 11.3 Å². The van der Waals surface area contributed by atoms with Gasteiger partial charge in [-0.1, -0.05) is 19.1 Å². The Morgan fingerprint density at radius 3 is 2.76 bits per heavy atom. The van der Waals surface area contributed by atoms with Crippen LogP contribution in [0.15, 0.2) is 37.2 Å². The Hall–Kier alpha value is -2.63. The highest BCUT2D eigenvalue weighted by molar-refractivity contribution is 5.83. The summed E-state index contributed by atoms with van der Waals surface area (Å²) in [5, 5.41) is 0. The van der Waals surface area contributed by atoms with Gasteiger partial charge in [-0.05, 0) is 19.3 Å². The van der Waals surface area contributed by atoms with Crippen molar-refractivity contribution < 1.29 is 4.79 Å². The molecule has 6 nitrogen and oxygen atoms in total. The second-order valence-electron chi connectivity index (χ2n) is 7.03. The first-order chi connectivity index (χ1) is 12.2. The van der Waals surface area contributed by atoms with E-state index in [0.29, 0.717) is 13.1 Å². The van der Waals surface area contributed by atoms with Crippen LogP contribution in [0.5, 0.6) is 0 Å². The van der Waals surface area contributed by atoms with E-state index in [1.165, 1.54) is 6.33 Å². The van der Waals surface area contributed by atoms with E-state index in [2.05, 4.69) is 39.0 Å². The van der Waals surface area contributed by atoms with Crippen LogP contribution in [0.4, 0.5) is 0 Å². The van der Waals surface area contributed by atoms with Crippen molar-refractivity contribution in [1.82, 2.24) is 24.8 Å². The van der Waals surface area contributed by atoms with Crippen molar-refractivity contribution in [3.63, 3.8) is 0 Å². The summed E-state index contributed by atoms with van der Waals surface area (Å²) in [6.07, 6.45) is 14.4. The standard InChI is InChI=1S/C19H21N5O/c1-19(6-3-2-4-7-19)18(25)24-8-5-16-15(11-24)17(23-13-22-16)14-9-20-12-21-10-14/h2-3,9-10,12-13H,4-8,11H2,1H3. The maximum absolute atomic E-state index is 13.2. The minimum atomic E-state index is -0.294. The molecule has 4 rings (SSSR count). The summed E-state index contributed by atoms with van der Waals surface area (Å²) in [5.41, 5.74) is 3.44. The van der Waals surface area contributed by atoms with E-state index in [1.54, 1.807) is 18.7 Å². The number of amides is 1. The second-order valence-corrected chi connectivity index (χ2v) is 7.03. The predicted octanol–water partition coefficient (Wildman–Crippen LogP) is 2.56. The predicted molar refractivity (Wildman–Crippen MR) is 93.3 cm³/mol. The molecule has 1 atom stereocenters. The third-order valence-electron chi connectivity index (χ3n) is 5.24.